The zero-order valence-corrected chi connectivity index (χ0v) is 11.7. The number of rotatable bonds is 3. The molecule has 0 aromatic carbocycles. The molecule has 1 N–H and O–H groups in total. The van der Waals surface area contributed by atoms with Crippen LogP contribution in [0.3, 0.4) is 0 Å². The molecular formula is C13H22N2OS. The largest absolute Gasteiger partial charge is 0.388 e. The topological polar surface area (TPSA) is 38.0 Å². The number of hydrogen-bond donors (Lipinski definition) is 1. The summed E-state index contributed by atoms with van der Waals surface area (Å²) in [4.78, 5) is 0. The summed E-state index contributed by atoms with van der Waals surface area (Å²) in [7, 11) is 0. The lowest BCUT2D eigenvalue weighted by atomic mass is 9.89. The molecule has 0 saturated carbocycles. The van der Waals surface area contributed by atoms with Crippen LogP contribution in [0.15, 0.2) is 12.3 Å². The minimum atomic E-state index is -0.570. The van der Waals surface area contributed by atoms with Gasteiger partial charge in [-0.05, 0) is 38.5 Å². The molecule has 0 amide bonds. The molecule has 17 heavy (non-hydrogen) atoms. The molecule has 1 aromatic rings. The molecule has 1 saturated heterocycles. The number of aromatic nitrogens is 2. The fourth-order valence-electron chi connectivity index (χ4n) is 2.30. The van der Waals surface area contributed by atoms with Crippen LogP contribution in [0, 0.1) is 0 Å². The van der Waals surface area contributed by atoms with E-state index in [2.05, 4.69) is 25.9 Å². The van der Waals surface area contributed by atoms with Crippen LogP contribution in [-0.2, 0) is 6.42 Å². The lowest BCUT2D eigenvalue weighted by Gasteiger charge is -2.37. The van der Waals surface area contributed by atoms with Gasteiger partial charge < -0.3 is 5.11 Å². The zero-order valence-electron chi connectivity index (χ0n) is 10.9. The Balaban J connectivity index is 2.08. The Kier molecular flexibility index (Phi) is 3.83. The molecule has 2 heterocycles. The summed E-state index contributed by atoms with van der Waals surface area (Å²) in [5, 5.41) is 15.5. The Morgan fingerprint density at radius 2 is 2.41 bits per heavy atom. The fraction of sp³-hybridized carbons (Fsp3) is 0.769. The first-order chi connectivity index (χ1) is 8.01. The summed E-state index contributed by atoms with van der Waals surface area (Å²) in [6.07, 6.45) is 4.69. The average molecular weight is 254 g/mol. The smallest absolute Gasteiger partial charge is 0.0819 e. The van der Waals surface area contributed by atoms with Crippen molar-refractivity contribution in [2.45, 2.75) is 56.9 Å². The van der Waals surface area contributed by atoms with Crippen molar-refractivity contribution >= 4 is 11.8 Å². The summed E-state index contributed by atoms with van der Waals surface area (Å²) < 4.78 is 1.96. The van der Waals surface area contributed by atoms with Gasteiger partial charge in [0.1, 0.15) is 0 Å². The highest BCUT2D eigenvalue weighted by Gasteiger charge is 2.37. The van der Waals surface area contributed by atoms with Gasteiger partial charge in [-0.25, -0.2) is 0 Å². The van der Waals surface area contributed by atoms with E-state index in [0.717, 1.165) is 18.5 Å². The number of thioether (sulfide) groups is 1. The van der Waals surface area contributed by atoms with E-state index in [1.807, 2.05) is 28.7 Å². The van der Waals surface area contributed by atoms with Crippen LogP contribution in [0.2, 0.25) is 0 Å². The Labute approximate surface area is 108 Å². The number of nitrogens with zero attached hydrogens (tertiary/aromatic N) is 2. The van der Waals surface area contributed by atoms with Gasteiger partial charge >= 0.3 is 0 Å². The fourth-order valence-corrected chi connectivity index (χ4v) is 3.48. The van der Waals surface area contributed by atoms with Crippen LogP contribution < -0.4 is 0 Å². The van der Waals surface area contributed by atoms with Gasteiger partial charge in [-0.15, -0.1) is 0 Å². The van der Waals surface area contributed by atoms with E-state index in [4.69, 9.17) is 0 Å². The Morgan fingerprint density at radius 1 is 1.65 bits per heavy atom. The molecule has 3 nitrogen and oxygen atoms in total. The molecule has 0 spiro atoms. The highest BCUT2D eigenvalue weighted by atomic mass is 32.2. The molecule has 2 atom stereocenters. The first-order valence-electron chi connectivity index (χ1n) is 6.39. The summed E-state index contributed by atoms with van der Waals surface area (Å²) in [5.74, 6) is 1.17. The molecule has 1 aliphatic heterocycles. The van der Waals surface area contributed by atoms with Crippen molar-refractivity contribution in [1.82, 2.24) is 9.78 Å². The molecule has 2 unspecified atom stereocenters. The maximum Gasteiger partial charge on any atom is 0.0819 e. The summed E-state index contributed by atoms with van der Waals surface area (Å²) in [6.45, 7) is 6.36. The van der Waals surface area contributed by atoms with E-state index in [9.17, 15) is 5.11 Å². The lowest BCUT2D eigenvalue weighted by Crippen LogP contribution is -2.43. The van der Waals surface area contributed by atoms with Crippen molar-refractivity contribution in [2.75, 3.05) is 5.75 Å². The average Bonchev–Trinajstić information content (AvgIpc) is 2.71. The standard InChI is InChI=1S/C13H22N2OS/c1-10(2)15-7-5-12(14-15)9-13(16)6-4-8-17-11(13)3/h5,7,10-11,16H,4,6,8-9H2,1-3H3. The first-order valence-corrected chi connectivity index (χ1v) is 7.44. The third-order valence-electron chi connectivity index (χ3n) is 3.56. The molecule has 1 aromatic heterocycles. The van der Waals surface area contributed by atoms with Crippen molar-refractivity contribution in [3.05, 3.63) is 18.0 Å². The quantitative estimate of drug-likeness (QED) is 0.901. The number of aliphatic hydroxyl groups is 1. The Bertz CT molecular complexity index is 377. The molecule has 0 radical (unpaired) electrons. The van der Waals surface area contributed by atoms with Crippen molar-refractivity contribution in [3.63, 3.8) is 0 Å². The maximum absolute atomic E-state index is 10.7. The first kappa shape index (κ1) is 13.0. The van der Waals surface area contributed by atoms with E-state index in [1.54, 1.807) is 0 Å². The second-order valence-corrected chi connectivity index (χ2v) is 6.73. The summed E-state index contributed by atoms with van der Waals surface area (Å²) in [5.41, 5.74) is 0.439. The van der Waals surface area contributed by atoms with Gasteiger partial charge in [-0.1, -0.05) is 6.92 Å². The van der Waals surface area contributed by atoms with E-state index < -0.39 is 5.60 Å². The SMILES string of the molecule is CC(C)n1ccc(CC2(O)CCCSC2C)n1. The Hall–Kier alpha value is -0.480. The van der Waals surface area contributed by atoms with E-state index in [-0.39, 0.29) is 0 Å². The van der Waals surface area contributed by atoms with E-state index >= 15 is 0 Å². The van der Waals surface area contributed by atoms with Crippen LogP contribution >= 0.6 is 11.8 Å². The molecular weight excluding hydrogens is 232 g/mol. The van der Waals surface area contributed by atoms with Crippen molar-refractivity contribution in [3.8, 4) is 0 Å². The van der Waals surface area contributed by atoms with Crippen LogP contribution in [0.25, 0.3) is 0 Å². The Morgan fingerprint density at radius 3 is 3.00 bits per heavy atom. The molecule has 0 bridgehead atoms. The molecule has 0 aliphatic carbocycles. The van der Waals surface area contributed by atoms with Crippen molar-refractivity contribution < 1.29 is 5.11 Å². The maximum atomic E-state index is 10.7. The van der Waals surface area contributed by atoms with Gasteiger partial charge in [0.15, 0.2) is 0 Å². The van der Waals surface area contributed by atoms with E-state index in [1.165, 1.54) is 5.75 Å². The predicted molar refractivity (Wildman–Crippen MR) is 72.4 cm³/mol. The van der Waals surface area contributed by atoms with E-state index in [0.29, 0.717) is 17.7 Å². The molecule has 2 rings (SSSR count). The van der Waals surface area contributed by atoms with Gasteiger partial charge in [0.05, 0.1) is 11.3 Å². The molecule has 96 valence electrons. The zero-order chi connectivity index (χ0) is 12.5. The number of hydrogen-bond acceptors (Lipinski definition) is 3. The van der Waals surface area contributed by atoms with Crippen LogP contribution in [0.5, 0.6) is 0 Å². The van der Waals surface area contributed by atoms with Crippen LogP contribution in [0.1, 0.15) is 45.3 Å². The van der Waals surface area contributed by atoms with Gasteiger partial charge in [0.25, 0.3) is 0 Å². The third kappa shape index (κ3) is 2.86. The van der Waals surface area contributed by atoms with Gasteiger partial charge in [0, 0.05) is 23.9 Å². The summed E-state index contributed by atoms with van der Waals surface area (Å²) >= 11 is 1.87. The summed E-state index contributed by atoms with van der Waals surface area (Å²) in [6, 6.07) is 2.42. The monoisotopic (exact) mass is 254 g/mol. The minimum Gasteiger partial charge on any atom is -0.388 e. The lowest BCUT2D eigenvalue weighted by molar-refractivity contribution is 0.0287. The van der Waals surface area contributed by atoms with Crippen molar-refractivity contribution in [1.29, 1.82) is 0 Å². The second kappa shape index (κ2) is 5.02. The molecule has 4 heteroatoms. The molecule has 1 aliphatic rings. The third-order valence-corrected chi connectivity index (χ3v) is 5.02. The highest BCUT2D eigenvalue weighted by molar-refractivity contribution is 8.00. The normalized spacial score (nSPS) is 29.8. The molecule has 1 fully saturated rings. The van der Waals surface area contributed by atoms with Crippen molar-refractivity contribution in [2.24, 2.45) is 0 Å². The van der Waals surface area contributed by atoms with Gasteiger partial charge in [0.2, 0.25) is 0 Å². The second-order valence-electron chi connectivity index (χ2n) is 5.28. The van der Waals surface area contributed by atoms with Gasteiger partial charge in [-0.3, -0.25) is 4.68 Å². The van der Waals surface area contributed by atoms with Crippen LogP contribution in [0.4, 0.5) is 0 Å². The predicted octanol–water partition coefficient (Wildman–Crippen LogP) is 2.65. The minimum absolute atomic E-state index is 0.306. The van der Waals surface area contributed by atoms with Crippen LogP contribution in [-0.4, -0.2) is 31.5 Å². The van der Waals surface area contributed by atoms with Gasteiger partial charge in [-0.2, -0.15) is 16.9 Å². The highest BCUT2D eigenvalue weighted by Crippen LogP contribution is 2.36.